The Labute approximate surface area is 142 Å². The summed E-state index contributed by atoms with van der Waals surface area (Å²) in [6.45, 7) is 1.15. The number of hydrogen-bond acceptors (Lipinski definition) is 6. The summed E-state index contributed by atoms with van der Waals surface area (Å²) in [5.74, 6) is -0.383. The molecule has 2 aromatic rings. The zero-order valence-electron chi connectivity index (χ0n) is 12.2. The van der Waals surface area contributed by atoms with E-state index in [1.165, 1.54) is 18.4 Å². The lowest BCUT2D eigenvalue weighted by Crippen LogP contribution is -2.31. The van der Waals surface area contributed by atoms with Gasteiger partial charge in [0.2, 0.25) is 0 Å². The third-order valence-electron chi connectivity index (χ3n) is 2.79. The molecule has 0 amide bonds. The van der Waals surface area contributed by atoms with E-state index in [0.29, 0.717) is 28.8 Å². The highest BCUT2D eigenvalue weighted by Gasteiger charge is 2.22. The number of anilines is 1. The summed E-state index contributed by atoms with van der Waals surface area (Å²) in [5, 5.41) is 11.1. The maximum absolute atomic E-state index is 12.1. The largest absolute Gasteiger partial charge is 0.465 e. The maximum Gasteiger partial charge on any atom is 0.341 e. The molecule has 118 valence electrons. The van der Waals surface area contributed by atoms with Gasteiger partial charge in [-0.2, -0.15) is 0 Å². The number of thiophene rings is 2. The zero-order valence-corrected chi connectivity index (χ0v) is 14.6. The van der Waals surface area contributed by atoms with Gasteiger partial charge in [0, 0.05) is 29.5 Å². The molecule has 0 radical (unpaired) electrons. The van der Waals surface area contributed by atoms with Gasteiger partial charge in [0.05, 0.1) is 13.7 Å². The van der Waals surface area contributed by atoms with Crippen LogP contribution in [0.25, 0.3) is 10.4 Å². The molecule has 0 saturated heterocycles. The quantitative estimate of drug-likeness (QED) is 0.471. The van der Waals surface area contributed by atoms with Crippen molar-refractivity contribution in [1.82, 2.24) is 5.32 Å². The molecule has 0 aliphatic heterocycles. The molecule has 0 unspecified atom stereocenters. The molecule has 0 fully saturated rings. The number of methoxy groups -OCH3 is 2. The molecule has 0 bridgehead atoms. The minimum absolute atomic E-state index is 0.383. The van der Waals surface area contributed by atoms with E-state index in [-0.39, 0.29) is 5.97 Å². The number of carbonyl (C=O) groups excluding carboxylic acids is 1. The standard InChI is InChI=1S/C14H16N2O3S3/c1-18-6-5-15-14(20)16-12-11(13(17)19-2)9(8-22-12)10-4-3-7-21-10/h3-4,7-8H,5-6H2,1-2H3,(H2,15,16,20). The van der Waals surface area contributed by atoms with E-state index >= 15 is 0 Å². The first-order valence-electron chi connectivity index (χ1n) is 6.44. The first kappa shape index (κ1) is 16.9. The second-order valence-corrected chi connectivity index (χ2v) is 6.43. The number of thiocarbonyl (C=S) groups is 1. The van der Waals surface area contributed by atoms with Gasteiger partial charge in [-0.1, -0.05) is 6.07 Å². The van der Waals surface area contributed by atoms with Crippen molar-refractivity contribution in [3.8, 4) is 10.4 Å². The Hall–Kier alpha value is -1.48. The molecule has 2 N–H and O–H groups in total. The molecule has 0 aromatic carbocycles. The summed E-state index contributed by atoms with van der Waals surface area (Å²) in [6.07, 6.45) is 0. The summed E-state index contributed by atoms with van der Waals surface area (Å²) in [6, 6.07) is 3.92. The van der Waals surface area contributed by atoms with Gasteiger partial charge in [-0.05, 0) is 23.7 Å². The second-order valence-electron chi connectivity index (χ2n) is 4.20. The van der Waals surface area contributed by atoms with Crippen molar-refractivity contribution >= 4 is 51.0 Å². The lowest BCUT2D eigenvalue weighted by atomic mass is 10.1. The molecule has 2 rings (SSSR count). The van der Waals surface area contributed by atoms with Crippen LogP contribution in [0.1, 0.15) is 10.4 Å². The summed E-state index contributed by atoms with van der Waals surface area (Å²) < 4.78 is 9.86. The van der Waals surface area contributed by atoms with Crippen molar-refractivity contribution in [1.29, 1.82) is 0 Å². The van der Waals surface area contributed by atoms with Crippen LogP contribution >= 0.6 is 34.9 Å². The van der Waals surface area contributed by atoms with Crippen molar-refractivity contribution < 1.29 is 14.3 Å². The monoisotopic (exact) mass is 356 g/mol. The van der Waals surface area contributed by atoms with Crippen LogP contribution in [0.5, 0.6) is 0 Å². The number of rotatable bonds is 6. The zero-order chi connectivity index (χ0) is 15.9. The van der Waals surface area contributed by atoms with Gasteiger partial charge in [-0.25, -0.2) is 4.79 Å². The van der Waals surface area contributed by atoms with E-state index in [0.717, 1.165) is 10.4 Å². The Bertz CT molecular complexity index is 638. The van der Waals surface area contributed by atoms with E-state index < -0.39 is 0 Å². The molecule has 0 aliphatic rings. The van der Waals surface area contributed by atoms with E-state index in [1.807, 2.05) is 22.9 Å². The smallest absolute Gasteiger partial charge is 0.341 e. The van der Waals surface area contributed by atoms with Crippen molar-refractivity contribution in [3.05, 3.63) is 28.5 Å². The third-order valence-corrected chi connectivity index (χ3v) is 4.83. The Morgan fingerprint density at radius 2 is 2.18 bits per heavy atom. The first-order valence-corrected chi connectivity index (χ1v) is 8.61. The molecule has 0 aliphatic carbocycles. The molecule has 5 nitrogen and oxygen atoms in total. The normalized spacial score (nSPS) is 10.3. The SMILES string of the molecule is COCCNC(=S)Nc1scc(-c2cccs2)c1C(=O)OC. The van der Waals surface area contributed by atoms with E-state index in [9.17, 15) is 4.79 Å². The Balaban J connectivity index is 2.21. The highest BCUT2D eigenvalue weighted by Crippen LogP contribution is 2.38. The minimum atomic E-state index is -0.383. The predicted molar refractivity (Wildman–Crippen MR) is 95.1 cm³/mol. The van der Waals surface area contributed by atoms with Crippen LogP contribution < -0.4 is 10.6 Å². The number of carbonyl (C=O) groups is 1. The first-order chi connectivity index (χ1) is 10.7. The van der Waals surface area contributed by atoms with Gasteiger partial charge in [0.15, 0.2) is 5.11 Å². The van der Waals surface area contributed by atoms with Crippen LogP contribution in [-0.4, -0.2) is 38.5 Å². The summed E-state index contributed by atoms with van der Waals surface area (Å²) in [7, 11) is 3.00. The molecule has 8 heteroatoms. The van der Waals surface area contributed by atoms with Gasteiger partial charge < -0.3 is 20.1 Å². The van der Waals surface area contributed by atoms with Crippen molar-refractivity contribution in [2.45, 2.75) is 0 Å². The lowest BCUT2D eigenvalue weighted by Gasteiger charge is -2.10. The number of hydrogen-bond donors (Lipinski definition) is 2. The fourth-order valence-corrected chi connectivity index (χ4v) is 3.83. The lowest BCUT2D eigenvalue weighted by molar-refractivity contribution is 0.0603. The highest BCUT2D eigenvalue weighted by molar-refractivity contribution is 7.80. The van der Waals surface area contributed by atoms with Gasteiger partial charge in [0.1, 0.15) is 10.6 Å². The van der Waals surface area contributed by atoms with E-state index in [4.69, 9.17) is 21.7 Å². The average Bonchev–Trinajstić information content (AvgIpc) is 3.15. The van der Waals surface area contributed by atoms with Gasteiger partial charge in [-0.15, -0.1) is 22.7 Å². The fourth-order valence-electron chi connectivity index (χ4n) is 1.78. The minimum Gasteiger partial charge on any atom is -0.465 e. The topological polar surface area (TPSA) is 59.6 Å². The molecule has 22 heavy (non-hydrogen) atoms. The molecule has 0 spiro atoms. The average molecular weight is 356 g/mol. The number of ether oxygens (including phenoxy) is 2. The molecule has 0 saturated carbocycles. The summed E-state index contributed by atoms with van der Waals surface area (Å²) in [5.41, 5.74) is 1.36. The molecule has 2 aromatic heterocycles. The van der Waals surface area contributed by atoms with Crippen LogP contribution in [0.3, 0.4) is 0 Å². The predicted octanol–water partition coefficient (Wildman–Crippen LogP) is 3.20. The van der Waals surface area contributed by atoms with Crippen LogP contribution in [0.4, 0.5) is 5.00 Å². The molecule has 2 heterocycles. The molecular formula is C14H16N2O3S3. The van der Waals surface area contributed by atoms with Crippen molar-refractivity contribution in [2.24, 2.45) is 0 Å². The molecule has 0 atom stereocenters. The third kappa shape index (κ3) is 4.04. The van der Waals surface area contributed by atoms with E-state index in [2.05, 4.69) is 10.6 Å². The maximum atomic E-state index is 12.1. The number of esters is 1. The summed E-state index contributed by atoms with van der Waals surface area (Å²) in [4.78, 5) is 13.1. The van der Waals surface area contributed by atoms with Crippen LogP contribution in [0.2, 0.25) is 0 Å². The van der Waals surface area contributed by atoms with Crippen molar-refractivity contribution in [2.75, 3.05) is 32.7 Å². The van der Waals surface area contributed by atoms with Crippen molar-refractivity contribution in [3.63, 3.8) is 0 Å². The molecular weight excluding hydrogens is 340 g/mol. The van der Waals surface area contributed by atoms with Gasteiger partial charge >= 0.3 is 5.97 Å². The number of nitrogens with one attached hydrogen (secondary N) is 2. The van der Waals surface area contributed by atoms with Gasteiger partial charge in [-0.3, -0.25) is 0 Å². The Morgan fingerprint density at radius 1 is 1.36 bits per heavy atom. The van der Waals surface area contributed by atoms with Crippen LogP contribution in [0, 0.1) is 0 Å². The van der Waals surface area contributed by atoms with E-state index in [1.54, 1.807) is 18.4 Å². The second kappa shape index (κ2) is 8.23. The van der Waals surface area contributed by atoms with Crippen LogP contribution in [-0.2, 0) is 9.47 Å². The highest BCUT2D eigenvalue weighted by atomic mass is 32.1. The van der Waals surface area contributed by atoms with Crippen LogP contribution in [0.15, 0.2) is 22.9 Å². The van der Waals surface area contributed by atoms with Gasteiger partial charge in [0.25, 0.3) is 0 Å². The Kier molecular flexibility index (Phi) is 6.32. The fraction of sp³-hybridized carbons (Fsp3) is 0.286. The Morgan fingerprint density at radius 3 is 2.82 bits per heavy atom. The summed E-state index contributed by atoms with van der Waals surface area (Å²) >= 11 is 8.22.